The molecule has 0 unspecified atom stereocenters. The number of likely N-dealkylation sites (tertiary alicyclic amines) is 1. The second-order valence-electron chi connectivity index (χ2n) is 18.4. The van der Waals surface area contributed by atoms with Gasteiger partial charge in [0.25, 0.3) is 0 Å². The van der Waals surface area contributed by atoms with Gasteiger partial charge < -0.3 is 57.3 Å². The summed E-state index contributed by atoms with van der Waals surface area (Å²) >= 11 is 0. The van der Waals surface area contributed by atoms with E-state index >= 15 is 0 Å². The fourth-order valence-corrected chi connectivity index (χ4v) is 9.49. The van der Waals surface area contributed by atoms with E-state index in [1.165, 1.54) is 43.1 Å². The first-order chi connectivity index (χ1) is 35.1. The number of nitrogens with two attached hydrogens (primary N) is 1. The number of hydrogen-bond donors (Lipinski definition) is 9. The second kappa shape index (κ2) is 28.9. The van der Waals surface area contributed by atoms with Crippen molar-refractivity contribution in [1.82, 2.24) is 46.4 Å². The fourth-order valence-electron chi connectivity index (χ4n) is 8.42. The third kappa shape index (κ3) is 18.7. The predicted octanol–water partition coefficient (Wildman–Crippen LogP) is -0.0928. The Balaban J connectivity index is 1.47. The van der Waals surface area contributed by atoms with Crippen molar-refractivity contribution in [2.45, 2.75) is 139 Å². The normalized spacial score (nSPS) is 21.7. The van der Waals surface area contributed by atoms with Crippen molar-refractivity contribution in [2.24, 2.45) is 11.7 Å². The highest BCUT2D eigenvalue weighted by Gasteiger charge is 2.41. The van der Waals surface area contributed by atoms with Crippen LogP contribution in [0.1, 0.15) is 97.8 Å². The molecular weight excluding hydrogens is 985 g/mol. The number of nitrogens with zero attached hydrogens (tertiary/aromatic N) is 2. The Morgan fingerprint density at radius 2 is 1.54 bits per heavy atom. The topological polar surface area (TPSA) is 351 Å². The maximum atomic E-state index is 14.4. The van der Waals surface area contributed by atoms with Gasteiger partial charge in [0.05, 0.1) is 17.9 Å². The summed E-state index contributed by atoms with van der Waals surface area (Å²) in [5.41, 5.74) is 5.48. The van der Waals surface area contributed by atoms with Crippen molar-refractivity contribution in [1.29, 1.82) is 0 Å². The highest BCUT2D eigenvalue weighted by Crippen LogP contribution is 2.26. The van der Waals surface area contributed by atoms with Gasteiger partial charge in [-0.2, -0.15) is 0 Å². The van der Waals surface area contributed by atoms with Crippen molar-refractivity contribution >= 4 is 69.2 Å². The molecule has 2 aromatic rings. The number of aliphatic carboxylic acids is 1. The number of carboxylic acids is 1. The number of primary amides is 1. The van der Waals surface area contributed by atoms with Crippen LogP contribution in [0.3, 0.4) is 0 Å². The molecule has 24 nitrogen and oxygen atoms in total. The molecule has 0 bridgehead atoms. The zero-order chi connectivity index (χ0) is 54.5. The third-order valence-electron chi connectivity index (χ3n) is 12.7. The molecule has 2 aliphatic rings. The Bertz CT molecular complexity index is 2430. The molecule has 74 heavy (non-hydrogen) atoms. The van der Waals surface area contributed by atoms with Crippen molar-refractivity contribution in [3.05, 3.63) is 54.6 Å². The van der Waals surface area contributed by atoms with Crippen molar-refractivity contribution < 1.29 is 66.2 Å². The zero-order valence-corrected chi connectivity index (χ0v) is 43.0. The number of carbonyl (C=O) groups excluding carboxylic acids is 9. The molecule has 0 saturated carbocycles. The van der Waals surface area contributed by atoms with Crippen LogP contribution < -0.4 is 47.1 Å². The van der Waals surface area contributed by atoms with Gasteiger partial charge >= 0.3 is 5.97 Å². The van der Waals surface area contributed by atoms with Crippen molar-refractivity contribution in [3.63, 3.8) is 0 Å². The van der Waals surface area contributed by atoms with Crippen LogP contribution in [-0.2, 0) is 58.0 Å². The number of rotatable bonds is 18. The molecule has 10 N–H and O–H groups in total. The van der Waals surface area contributed by atoms with Crippen molar-refractivity contribution in [3.8, 4) is 11.5 Å². The summed E-state index contributed by atoms with van der Waals surface area (Å²) in [5.74, 6) is -7.64. The van der Waals surface area contributed by atoms with Gasteiger partial charge in [0.15, 0.2) is 0 Å². The number of carbonyl (C=O) groups is 10. The van der Waals surface area contributed by atoms with Crippen molar-refractivity contribution in [2.75, 3.05) is 33.2 Å². The van der Waals surface area contributed by atoms with Crippen LogP contribution in [0.25, 0.3) is 0 Å². The molecule has 0 spiro atoms. The van der Waals surface area contributed by atoms with Crippen LogP contribution in [0.15, 0.2) is 59.5 Å². The Hall–Kier alpha value is -7.15. The summed E-state index contributed by atoms with van der Waals surface area (Å²) in [6, 6.07) is 7.00. The maximum Gasteiger partial charge on any atom is 0.305 e. The number of sulfonamides is 1. The van der Waals surface area contributed by atoms with Gasteiger partial charge in [0, 0.05) is 52.0 Å². The van der Waals surface area contributed by atoms with Crippen LogP contribution in [0.2, 0.25) is 0 Å². The van der Waals surface area contributed by atoms with Crippen LogP contribution in [0, 0.1) is 5.92 Å². The molecule has 25 heteroatoms. The van der Waals surface area contributed by atoms with E-state index in [4.69, 9.17) is 10.5 Å². The van der Waals surface area contributed by atoms with Gasteiger partial charge in [0.2, 0.25) is 63.2 Å². The predicted molar refractivity (Wildman–Crippen MR) is 267 cm³/mol. The summed E-state index contributed by atoms with van der Waals surface area (Å²) in [5, 5.41) is 24.6. The highest BCUT2D eigenvalue weighted by molar-refractivity contribution is 7.89. The molecule has 4 rings (SSSR count). The first-order valence-electron chi connectivity index (χ1n) is 24.7. The Kier molecular flexibility index (Phi) is 23.2. The van der Waals surface area contributed by atoms with E-state index in [0.717, 1.165) is 0 Å². The third-order valence-corrected chi connectivity index (χ3v) is 14.1. The minimum Gasteiger partial charge on any atom is -0.481 e. The molecule has 2 aromatic carbocycles. The number of likely N-dealkylation sites (N-methyl/N-ethyl adjacent to an activating group) is 1. The van der Waals surface area contributed by atoms with Crippen LogP contribution in [0.5, 0.6) is 11.5 Å². The van der Waals surface area contributed by atoms with E-state index in [1.54, 1.807) is 36.1 Å². The molecule has 0 radical (unpaired) electrons. The van der Waals surface area contributed by atoms with Crippen LogP contribution in [0.4, 0.5) is 0 Å². The van der Waals surface area contributed by atoms with E-state index < -0.39 is 119 Å². The maximum absolute atomic E-state index is 14.4. The Morgan fingerprint density at radius 1 is 0.851 bits per heavy atom. The number of carboxylic acid groups (broad SMARTS) is 1. The van der Waals surface area contributed by atoms with Gasteiger partial charge in [0.1, 0.15) is 41.7 Å². The average molecular weight is 1060 g/mol. The first-order valence-corrected chi connectivity index (χ1v) is 26.2. The Labute approximate surface area is 430 Å². The first kappa shape index (κ1) is 59.4. The number of hydrogen-bond acceptors (Lipinski definition) is 13. The SMILES string of the molecule is CC[C@H](C)[C@@H](C(=O)N1CCC[C@H]1CC(N)=O)N(C)C(=O)[C@@H]1CCCCNC(=O)CNC(=O)CC[C@H](NC(=O)CCCNS(=O)(=O)c2ccc(Oc3ccccc3)cc2)C(=O)N[C@@H](CC(=O)O)C(=O)N[C@@H](C)C(=O)N1. The molecule has 0 aliphatic carbocycles. The minimum atomic E-state index is -4.02. The standard InChI is InChI=1S/C49H70N10O14S/c1-5-30(2)44(49(70)59-26-12-13-32(59)27-39(50)60)58(4)48(69)37-16-9-10-24-51-42(63)29-52-40(61)23-22-36(46(67)57-38(28-43(64)65)47(68)54-31(3)45(66)56-37)55-41(62)17-11-25-53-74(71,72)35-20-18-34(19-21-35)73-33-14-7-6-8-15-33/h6-8,14-15,18-21,30-32,36-38,44,53H,5,9-13,16-17,22-29H2,1-4H3,(H2,50,60)(H,51,63)(H,52,61)(H,54,68)(H,55,62)(H,56,66)(H,57,67)(H,64,65)/t30-,31-,32-,36-,37-,38-,44-/m0/s1. The molecule has 2 saturated heterocycles. The summed E-state index contributed by atoms with van der Waals surface area (Å²) in [4.78, 5) is 135. The molecule has 2 heterocycles. The largest absolute Gasteiger partial charge is 0.481 e. The zero-order valence-electron chi connectivity index (χ0n) is 42.2. The lowest BCUT2D eigenvalue weighted by Gasteiger charge is -2.38. The summed E-state index contributed by atoms with van der Waals surface area (Å²) in [7, 11) is -2.58. The molecule has 2 fully saturated rings. The molecule has 7 atom stereocenters. The van der Waals surface area contributed by atoms with E-state index in [-0.39, 0.29) is 68.3 Å². The lowest BCUT2D eigenvalue weighted by atomic mass is 9.94. The molecule has 9 amide bonds. The highest BCUT2D eigenvalue weighted by atomic mass is 32.2. The molecule has 2 aliphatic heterocycles. The van der Waals surface area contributed by atoms with E-state index in [1.807, 2.05) is 13.0 Å². The number of ether oxygens (including phenoxy) is 1. The second-order valence-corrected chi connectivity index (χ2v) is 20.2. The summed E-state index contributed by atoms with van der Waals surface area (Å²) in [6.07, 6.45) is 0.0474. The number of para-hydroxylation sites is 1. The number of amides is 9. The van der Waals surface area contributed by atoms with Crippen LogP contribution in [-0.4, -0.2) is 152 Å². The lowest BCUT2D eigenvalue weighted by Crippen LogP contribution is -2.60. The number of benzene rings is 2. The molecular formula is C49H70N10O14S. The quantitative estimate of drug-likeness (QED) is 0.0882. The summed E-state index contributed by atoms with van der Waals surface area (Å²) < 4.78 is 34.1. The van der Waals surface area contributed by atoms with Gasteiger partial charge in [-0.3, -0.25) is 47.9 Å². The van der Waals surface area contributed by atoms with Gasteiger partial charge in [-0.15, -0.1) is 0 Å². The van der Waals surface area contributed by atoms with Gasteiger partial charge in [-0.25, -0.2) is 13.1 Å². The number of nitrogens with one attached hydrogen (secondary N) is 7. The van der Waals surface area contributed by atoms with Crippen LogP contribution >= 0.6 is 0 Å². The smallest absolute Gasteiger partial charge is 0.305 e. The van der Waals surface area contributed by atoms with E-state index in [0.29, 0.717) is 43.7 Å². The van der Waals surface area contributed by atoms with Gasteiger partial charge in [-0.1, -0.05) is 38.5 Å². The van der Waals surface area contributed by atoms with E-state index in [2.05, 4.69) is 36.6 Å². The molecule has 406 valence electrons. The minimum absolute atomic E-state index is 0.0124. The Morgan fingerprint density at radius 3 is 2.20 bits per heavy atom. The fraction of sp³-hybridized carbons (Fsp3) is 0.551. The molecule has 0 aromatic heterocycles. The lowest BCUT2D eigenvalue weighted by molar-refractivity contribution is -0.149. The van der Waals surface area contributed by atoms with E-state index in [9.17, 15) is 61.5 Å². The summed E-state index contributed by atoms with van der Waals surface area (Å²) in [6.45, 7) is 4.71. The monoisotopic (exact) mass is 1050 g/mol. The average Bonchev–Trinajstić information content (AvgIpc) is 3.82. The van der Waals surface area contributed by atoms with Gasteiger partial charge in [-0.05, 0) is 94.2 Å².